The fraction of sp³-hybridized carbons (Fsp3) is 0.667. The molecule has 2 nitrogen and oxygen atoms in total. The molecule has 1 aliphatic carbocycles. The van der Waals surface area contributed by atoms with E-state index in [1.54, 1.807) is 0 Å². The Labute approximate surface area is 66.7 Å². The molecule has 0 bridgehead atoms. The molecule has 1 N–H and O–H groups in total. The first kappa shape index (κ1) is 6.89. The molecule has 1 amide bonds. The van der Waals surface area contributed by atoms with E-state index < -0.39 is 0 Å². The van der Waals surface area contributed by atoms with Crippen LogP contribution in [-0.4, -0.2) is 11.9 Å². The van der Waals surface area contributed by atoms with Crippen LogP contribution >= 0.6 is 0 Å². The van der Waals surface area contributed by atoms with Crippen molar-refractivity contribution in [1.29, 1.82) is 0 Å². The molecule has 60 valence electrons. The average Bonchev–Trinajstić information content (AvgIpc) is 1.93. The van der Waals surface area contributed by atoms with Crippen LogP contribution in [0.5, 0.6) is 0 Å². The first-order valence-corrected chi connectivity index (χ1v) is 4.19. The minimum atomic E-state index is 0.235. The van der Waals surface area contributed by atoms with Gasteiger partial charge in [0.15, 0.2) is 0 Å². The van der Waals surface area contributed by atoms with Crippen molar-refractivity contribution in [3.05, 3.63) is 12.2 Å². The molecule has 0 unspecified atom stereocenters. The molecule has 1 fully saturated rings. The molecular weight excluding hydrogens is 138 g/mol. The van der Waals surface area contributed by atoms with Crippen LogP contribution in [0.4, 0.5) is 0 Å². The van der Waals surface area contributed by atoms with Crippen molar-refractivity contribution < 1.29 is 4.79 Å². The van der Waals surface area contributed by atoms with Crippen LogP contribution in [0, 0.1) is 17.8 Å². The van der Waals surface area contributed by atoms with E-state index in [0.29, 0.717) is 17.9 Å². The second-order valence-electron chi connectivity index (χ2n) is 3.66. The lowest BCUT2D eigenvalue weighted by atomic mass is 9.71. The number of fused-ring (bicyclic) bond motifs is 1. The Balaban J connectivity index is 2.22. The zero-order valence-electron chi connectivity index (χ0n) is 6.87. The lowest BCUT2D eigenvalue weighted by Crippen LogP contribution is -2.63. The zero-order chi connectivity index (χ0) is 8.01. The molecule has 2 rings (SSSR count). The van der Waals surface area contributed by atoms with E-state index in [1.165, 1.54) is 0 Å². The van der Waals surface area contributed by atoms with Crippen molar-refractivity contribution in [3.8, 4) is 0 Å². The molecule has 2 heteroatoms. The predicted octanol–water partition coefficient (Wildman–Crippen LogP) is 0.943. The minimum Gasteiger partial charge on any atom is -0.352 e. The maximum absolute atomic E-state index is 11.1. The highest BCUT2D eigenvalue weighted by atomic mass is 16.2. The molecule has 2 aliphatic rings. The van der Waals surface area contributed by atoms with Crippen LogP contribution in [0.1, 0.15) is 13.8 Å². The molecule has 0 saturated carbocycles. The number of amides is 1. The third-order valence-corrected chi connectivity index (χ3v) is 2.85. The van der Waals surface area contributed by atoms with Crippen molar-refractivity contribution in [2.45, 2.75) is 19.9 Å². The fourth-order valence-corrected chi connectivity index (χ4v) is 2.03. The molecule has 0 radical (unpaired) electrons. The number of allylic oxidation sites excluding steroid dienone is 1. The van der Waals surface area contributed by atoms with Crippen LogP contribution in [0.25, 0.3) is 0 Å². The Hall–Kier alpha value is -0.790. The van der Waals surface area contributed by atoms with E-state index in [4.69, 9.17) is 0 Å². The van der Waals surface area contributed by atoms with Crippen LogP contribution in [0.2, 0.25) is 0 Å². The molecule has 1 saturated heterocycles. The molecule has 11 heavy (non-hydrogen) atoms. The Bertz CT molecular complexity index is 222. The van der Waals surface area contributed by atoms with Crippen LogP contribution in [0.3, 0.4) is 0 Å². The fourth-order valence-electron chi connectivity index (χ4n) is 2.03. The molecule has 0 aromatic carbocycles. The second-order valence-corrected chi connectivity index (χ2v) is 3.66. The molecular formula is C9H13NO. The first-order chi connectivity index (χ1) is 5.20. The van der Waals surface area contributed by atoms with Crippen LogP contribution in [0.15, 0.2) is 12.2 Å². The van der Waals surface area contributed by atoms with Gasteiger partial charge >= 0.3 is 0 Å². The number of nitrogens with one attached hydrogen (secondary N) is 1. The third-order valence-electron chi connectivity index (χ3n) is 2.85. The smallest absolute Gasteiger partial charge is 0.226 e. The molecule has 0 aromatic rings. The molecule has 0 spiro atoms. The Morgan fingerprint density at radius 1 is 1.27 bits per heavy atom. The highest BCUT2D eigenvalue weighted by molar-refractivity contribution is 5.86. The summed E-state index contributed by atoms with van der Waals surface area (Å²) in [6, 6.07) is 0.419. The molecule has 4 atom stereocenters. The molecule has 0 aromatic heterocycles. The summed E-state index contributed by atoms with van der Waals surface area (Å²) in [5.41, 5.74) is 0. The quantitative estimate of drug-likeness (QED) is 0.405. The van der Waals surface area contributed by atoms with Crippen LogP contribution in [-0.2, 0) is 4.79 Å². The van der Waals surface area contributed by atoms with Gasteiger partial charge in [0.05, 0.1) is 5.92 Å². The van der Waals surface area contributed by atoms with Gasteiger partial charge in [-0.15, -0.1) is 0 Å². The highest BCUT2D eigenvalue weighted by Gasteiger charge is 2.45. The first-order valence-electron chi connectivity index (χ1n) is 4.19. The average molecular weight is 151 g/mol. The van der Waals surface area contributed by atoms with Crippen molar-refractivity contribution in [2.24, 2.45) is 17.8 Å². The number of hydrogen-bond acceptors (Lipinski definition) is 1. The lowest BCUT2D eigenvalue weighted by molar-refractivity contribution is -0.138. The van der Waals surface area contributed by atoms with Crippen molar-refractivity contribution in [3.63, 3.8) is 0 Å². The standard InChI is InChI=1S/C9H13NO/c1-5-3-4-6(2)8-7(5)9(11)10-8/h3-8H,1-2H3,(H,10,11)/t5-,6-,7+,8+/m0/s1. The van der Waals surface area contributed by atoms with Gasteiger partial charge in [0, 0.05) is 6.04 Å². The summed E-state index contributed by atoms with van der Waals surface area (Å²) in [6.45, 7) is 4.26. The second kappa shape index (κ2) is 2.10. The van der Waals surface area contributed by atoms with Gasteiger partial charge in [0.1, 0.15) is 0 Å². The number of carbonyl (C=O) groups excluding carboxylic acids is 1. The van der Waals surface area contributed by atoms with E-state index >= 15 is 0 Å². The van der Waals surface area contributed by atoms with Gasteiger partial charge in [-0.25, -0.2) is 0 Å². The Morgan fingerprint density at radius 2 is 1.91 bits per heavy atom. The molecule has 1 aliphatic heterocycles. The minimum absolute atomic E-state index is 0.235. The normalized spacial score (nSPS) is 47.6. The zero-order valence-corrected chi connectivity index (χ0v) is 6.87. The van der Waals surface area contributed by atoms with E-state index in [9.17, 15) is 4.79 Å². The summed E-state index contributed by atoms with van der Waals surface area (Å²) in [7, 11) is 0. The van der Waals surface area contributed by atoms with Gasteiger partial charge in [-0.2, -0.15) is 0 Å². The largest absolute Gasteiger partial charge is 0.352 e. The van der Waals surface area contributed by atoms with E-state index in [0.717, 1.165) is 0 Å². The van der Waals surface area contributed by atoms with Crippen molar-refractivity contribution in [1.82, 2.24) is 5.32 Å². The summed E-state index contributed by atoms with van der Waals surface area (Å²) in [5, 5.41) is 2.93. The SMILES string of the molecule is C[C@H]1C=C[C@H](C)[C@H]2C(=O)N[C@@H]21. The van der Waals surface area contributed by atoms with E-state index in [1.807, 2.05) is 0 Å². The summed E-state index contributed by atoms with van der Waals surface area (Å²) in [6.07, 6.45) is 4.36. The predicted molar refractivity (Wildman–Crippen MR) is 42.9 cm³/mol. The number of hydrogen-bond donors (Lipinski definition) is 1. The van der Waals surface area contributed by atoms with Crippen molar-refractivity contribution >= 4 is 5.91 Å². The van der Waals surface area contributed by atoms with E-state index in [-0.39, 0.29) is 11.8 Å². The maximum atomic E-state index is 11.1. The maximum Gasteiger partial charge on any atom is 0.226 e. The monoisotopic (exact) mass is 151 g/mol. The Morgan fingerprint density at radius 3 is 2.45 bits per heavy atom. The van der Waals surface area contributed by atoms with Gasteiger partial charge in [0.2, 0.25) is 5.91 Å². The number of β-lactam (4-membered cyclic amide) rings is 1. The van der Waals surface area contributed by atoms with Crippen molar-refractivity contribution in [2.75, 3.05) is 0 Å². The lowest BCUT2D eigenvalue weighted by Gasteiger charge is -2.44. The highest BCUT2D eigenvalue weighted by Crippen LogP contribution is 2.34. The van der Waals surface area contributed by atoms with Gasteiger partial charge in [-0.05, 0) is 11.8 Å². The number of rotatable bonds is 0. The van der Waals surface area contributed by atoms with Gasteiger partial charge < -0.3 is 5.32 Å². The third kappa shape index (κ3) is 0.817. The summed E-state index contributed by atoms with van der Waals surface area (Å²) in [4.78, 5) is 11.1. The molecule has 1 heterocycles. The van der Waals surface area contributed by atoms with Crippen LogP contribution < -0.4 is 5.32 Å². The summed E-state index contributed by atoms with van der Waals surface area (Å²) < 4.78 is 0. The van der Waals surface area contributed by atoms with Gasteiger partial charge in [-0.1, -0.05) is 26.0 Å². The van der Waals surface area contributed by atoms with Gasteiger partial charge in [0.25, 0.3) is 0 Å². The topological polar surface area (TPSA) is 29.1 Å². The van der Waals surface area contributed by atoms with Gasteiger partial charge in [-0.3, -0.25) is 4.79 Å². The summed E-state index contributed by atoms with van der Waals surface area (Å²) >= 11 is 0. The van der Waals surface area contributed by atoms with E-state index in [2.05, 4.69) is 31.3 Å². The summed E-state index contributed by atoms with van der Waals surface area (Å²) in [5.74, 6) is 1.45. The Kier molecular flexibility index (Phi) is 1.31. The number of carbonyl (C=O) groups is 1.